The zero-order valence-electron chi connectivity index (χ0n) is 16.4. The van der Waals surface area contributed by atoms with Gasteiger partial charge < -0.3 is 4.74 Å². The molecule has 1 saturated heterocycles. The van der Waals surface area contributed by atoms with Crippen LogP contribution in [0.4, 0.5) is 0 Å². The average molecular weight is 416 g/mol. The fourth-order valence-electron chi connectivity index (χ4n) is 3.15. The Bertz CT molecular complexity index is 983. The molecule has 0 unspecified atom stereocenters. The highest BCUT2D eigenvalue weighted by Crippen LogP contribution is 2.21. The van der Waals surface area contributed by atoms with Gasteiger partial charge >= 0.3 is 0 Å². The first-order chi connectivity index (χ1) is 14.0. The predicted molar refractivity (Wildman–Crippen MR) is 112 cm³/mol. The van der Waals surface area contributed by atoms with Crippen LogP contribution in [0, 0.1) is 0 Å². The number of hydrazone groups is 1. The molecule has 0 radical (unpaired) electrons. The molecule has 3 rings (SSSR count). The lowest BCUT2D eigenvalue weighted by atomic mass is 10.2. The number of carbonyl (C=O) groups is 1. The average Bonchev–Trinajstić information content (AvgIpc) is 2.76. The van der Waals surface area contributed by atoms with E-state index in [2.05, 4.69) is 10.5 Å². The van der Waals surface area contributed by atoms with Crippen LogP contribution in [0.15, 0.2) is 58.5 Å². The number of carbonyl (C=O) groups excluding carboxylic acids is 1. The van der Waals surface area contributed by atoms with E-state index in [1.807, 2.05) is 31.2 Å². The van der Waals surface area contributed by atoms with Gasteiger partial charge in [0.15, 0.2) is 0 Å². The van der Waals surface area contributed by atoms with Gasteiger partial charge in [-0.3, -0.25) is 4.79 Å². The molecule has 0 bridgehead atoms. The van der Waals surface area contributed by atoms with Gasteiger partial charge in [-0.1, -0.05) is 24.6 Å². The Kier molecular flexibility index (Phi) is 7.00. The van der Waals surface area contributed by atoms with Gasteiger partial charge in [0.2, 0.25) is 10.0 Å². The lowest BCUT2D eigenvalue weighted by Gasteiger charge is -2.25. The third kappa shape index (κ3) is 5.21. The number of hydrogen-bond donors (Lipinski definition) is 1. The number of ether oxygens (including phenoxy) is 1. The number of sulfonamides is 1. The maximum Gasteiger partial charge on any atom is 0.271 e. The molecule has 8 heteroatoms. The number of nitrogens with one attached hydrogen (secondary N) is 1. The monoisotopic (exact) mass is 415 g/mol. The summed E-state index contributed by atoms with van der Waals surface area (Å²) in [7, 11) is -3.60. The minimum absolute atomic E-state index is 0.123. The Labute approximate surface area is 171 Å². The number of benzene rings is 2. The number of piperidine rings is 1. The number of nitrogens with zero attached hydrogens (tertiary/aromatic N) is 2. The molecule has 1 aliphatic rings. The Morgan fingerprint density at radius 3 is 2.66 bits per heavy atom. The standard InChI is InChI=1S/C21H25N3O4S/c1-2-28-20-12-5-4-9-18(20)16-22-23-21(25)17-10-8-11-19(15-17)29(26,27)24-13-6-3-7-14-24/h4-5,8-12,15-16H,2-3,6-7,13-14H2,1H3,(H,23,25)/b22-16+. The fraction of sp³-hybridized carbons (Fsp3) is 0.333. The first-order valence-corrected chi connectivity index (χ1v) is 11.1. The lowest BCUT2D eigenvalue weighted by Crippen LogP contribution is -2.35. The van der Waals surface area contributed by atoms with Crippen LogP contribution in [-0.4, -0.2) is 44.5 Å². The maximum atomic E-state index is 12.8. The van der Waals surface area contributed by atoms with Crippen molar-refractivity contribution in [3.8, 4) is 5.75 Å². The molecule has 0 spiro atoms. The van der Waals surface area contributed by atoms with E-state index in [9.17, 15) is 13.2 Å². The molecule has 0 aliphatic carbocycles. The second-order valence-corrected chi connectivity index (χ2v) is 8.60. The highest BCUT2D eigenvalue weighted by molar-refractivity contribution is 7.89. The summed E-state index contributed by atoms with van der Waals surface area (Å²) in [5.41, 5.74) is 3.41. The van der Waals surface area contributed by atoms with Gasteiger partial charge in [0.25, 0.3) is 5.91 Å². The molecule has 7 nitrogen and oxygen atoms in total. The normalized spacial score (nSPS) is 15.3. The Hall–Kier alpha value is -2.71. The summed E-state index contributed by atoms with van der Waals surface area (Å²) in [6.45, 7) is 3.45. The zero-order chi connectivity index (χ0) is 20.7. The molecular weight excluding hydrogens is 390 g/mol. The summed E-state index contributed by atoms with van der Waals surface area (Å²) in [6.07, 6.45) is 4.25. The summed E-state index contributed by atoms with van der Waals surface area (Å²) < 4.78 is 32.6. The van der Waals surface area contributed by atoms with Crippen LogP contribution < -0.4 is 10.2 Å². The topological polar surface area (TPSA) is 88.1 Å². The van der Waals surface area contributed by atoms with E-state index in [1.165, 1.54) is 22.7 Å². The van der Waals surface area contributed by atoms with Crippen LogP contribution in [0.5, 0.6) is 5.75 Å². The highest BCUT2D eigenvalue weighted by atomic mass is 32.2. The third-order valence-corrected chi connectivity index (χ3v) is 6.53. The van der Waals surface area contributed by atoms with Crippen molar-refractivity contribution in [1.82, 2.24) is 9.73 Å². The summed E-state index contributed by atoms with van der Waals surface area (Å²) in [6, 6.07) is 13.4. The largest absolute Gasteiger partial charge is 0.493 e. The van der Waals surface area contributed by atoms with Crippen LogP contribution in [0.1, 0.15) is 42.1 Å². The fourth-order valence-corrected chi connectivity index (χ4v) is 4.71. The van der Waals surface area contributed by atoms with Gasteiger partial charge in [-0.2, -0.15) is 9.41 Å². The summed E-state index contributed by atoms with van der Waals surface area (Å²) in [5.74, 6) is 0.188. The molecule has 29 heavy (non-hydrogen) atoms. The molecule has 0 aromatic heterocycles. The van der Waals surface area contributed by atoms with E-state index in [0.717, 1.165) is 24.8 Å². The minimum atomic E-state index is -3.60. The van der Waals surface area contributed by atoms with E-state index in [1.54, 1.807) is 12.1 Å². The second-order valence-electron chi connectivity index (χ2n) is 6.66. The van der Waals surface area contributed by atoms with E-state index in [0.29, 0.717) is 25.4 Å². The van der Waals surface area contributed by atoms with Crippen molar-refractivity contribution in [1.29, 1.82) is 0 Å². The Balaban J connectivity index is 1.71. The van der Waals surface area contributed by atoms with Crippen LogP contribution >= 0.6 is 0 Å². The molecule has 0 saturated carbocycles. The van der Waals surface area contributed by atoms with Gasteiger partial charge in [-0.05, 0) is 50.1 Å². The van der Waals surface area contributed by atoms with E-state index < -0.39 is 15.9 Å². The van der Waals surface area contributed by atoms with Crippen molar-refractivity contribution < 1.29 is 17.9 Å². The van der Waals surface area contributed by atoms with Crippen molar-refractivity contribution in [2.45, 2.75) is 31.1 Å². The van der Waals surface area contributed by atoms with Crippen LogP contribution in [0.3, 0.4) is 0 Å². The molecule has 0 atom stereocenters. The van der Waals surface area contributed by atoms with Crippen molar-refractivity contribution in [2.75, 3.05) is 19.7 Å². The van der Waals surface area contributed by atoms with Crippen molar-refractivity contribution in [3.05, 3.63) is 59.7 Å². The first-order valence-electron chi connectivity index (χ1n) is 9.68. The van der Waals surface area contributed by atoms with Crippen molar-refractivity contribution in [3.63, 3.8) is 0 Å². The molecule has 2 aromatic carbocycles. The number of para-hydroxylation sites is 1. The minimum Gasteiger partial charge on any atom is -0.493 e. The first kappa shape index (κ1) is 21.0. The molecule has 1 amide bonds. The van der Waals surface area contributed by atoms with Gasteiger partial charge in [0, 0.05) is 24.2 Å². The van der Waals surface area contributed by atoms with E-state index in [-0.39, 0.29) is 10.5 Å². The molecule has 1 N–H and O–H groups in total. The van der Waals surface area contributed by atoms with Gasteiger partial charge in [0.05, 0.1) is 17.7 Å². The Morgan fingerprint density at radius 2 is 1.90 bits per heavy atom. The summed E-state index contributed by atoms with van der Waals surface area (Å²) in [5, 5.41) is 3.98. The van der Waals surface area contributed by atoms with E-state index in [4.69, 9.17) is 4.74 Å². The maximum absolute atomic E-state index is 12.8. The molecule has 1 fully saturated rings. The predicted octanol–water partition coefficient (Wildman–Crippen LogP) is 3.02. The summed E-state index contributed by atoms with van der Waals surface area (Å²) >= 11 is 0. The third-order valence-electron chi connectivity index (χ3n) is 4.64. The quantitative estimate of drug-likeness (QED) is 0.556. The lowest BCUT2D eigenvalue weighted by molar-refractivity contribution is 0.0955. The van der Waals surface area contributed by atoms with Gasteiger partial charge in [-0.15, -0.1) is 0 Å². The summed E-state index contributed by atoms with van der Waals surface area (Å²) in [4.78, 5) is 12.6. The molecule has 1 heterocycles. The smallest absolute Gasteiger partial charge is 0.271 e. The molecule has 1 aliphatic heterocycles. The highest BCUT2D eigenvalue weighted by Gasteiger charge is 2.26. The second kappa shape index (κ2) is 9.67. The SMILES string of the molecule is CCOc1ccccc1/C=N/NC(=O)c1cccc(S(=O)(=O)N2CCCCC2)c1. The molecule has 154 valence electrons. The van der Waals surface area contributed by atoms with Crippen molar-refractivity contribution in [2.24, 2.45) is 5.10 Å². The zero-order valence-corrected chi connectivity index (χ0v) is 17.2. The number of amides is 1. The van der Waals surface area contributed by atoms with Crippen molar-refractivity contribution >= 4 is 22.1 Å². The van der Waals surface area contributed by atoms with Gasteiger partial charge in [0.1, 0.15) is 5.75 Å². The van der Waals surface area contributed by atoms with Crippen LogP contribution in [0.2, 0.25) is 0 Å². The molecular formula is C21H25N3O4S. The number of rotatable bonds is 7. The molecule has 2 aromatic rings. The van der Waals surface area contributed by atoms with Gasteiger partial charge in [-0.25, -0.2) is 13.8 Å². The van der Waals surface area contributed by atoms with Crippen LogP contribution in [-0.2, 0) is 10.0 Å². The Morgan fingerprint density at radius 1 is 1.14 bits per heavy atom. The van der Waals surface area contributed by atoms with E-state index >= 15 is 0 Å². The van der Waals surface area contributed by atoms with Crippen LogP contribution in [0.25, 0.3) is 0 Å². The number of hydrogen-bond acceptors (Lipinski definition) is 5.